The predicted molar refractivity (Wildman–Crippen MR) is 94.0 cm³/mol. The molecule has 104 valence electrons. The highest BCUT2D eigenvalue weighted by Crippen LogP contribution is 2.36. The van der Waals surface area contributed by atoms with Gasteiger partial charge in [-0.05, 0) is 36.4 Å². The maximum absolute atomic E-state index is 12.5. The average molecular weight is 377 g/mol. The number of aromatic nitrogens is 1. The van der Waals surface area contributed by atoms with Crippen molar-refractivity contribution in [2.24, 2.45) is 0 Å². The summed E-state index contributed by atoms with van der Waals surface area (Å²) in [5, 5.41) is 0. The molecule has 1 aromatic heterocycles. The van der Waals surface area contributed by atoms with Crippen molar-refractivity contribution >= 4 is 61.9 Å². The van der Waals surface area contributed by atoms with Crippen molar-refractivity contribution in [1.29, 1.82) is 0 Å². The number of hydrogen-bond donors (Lipinski definition) is 0. The number of halogens is 1. The zero-order valence-corrected chi connectivity index (χ0v) is 13.9. The Labute approximate surface area is 140 Å². The van der Waals surface area contributed by atoms with Crippen LogP contribution in [0.3, 0.4) is 0 Å². The summed E-state index contributed by atoms with van der Waals surface area (Å²) in [5.41, 5.74) is 1.50. The van der Waals surface area contributed by atoms with Gasteiger partial charge in [0.05, 0.1) is 16.3 Å². The summed E-state index contributed by atoms with van der Waals surface area (Å²) in [6, 6.07) is 13.1. The van der Waals surface area contributed by atoms with Gasteiger partial charge in [-0.25, -0.2) is 0 Å². The number of carbonyl (C=O) groups excluding carboxylic acids is 1. The minimum absolute atomic E-state index is 0.117. The van der Waals surface area contributed by atoms with Crippen molar-refractivity contribution in [2.45, 2.75) is 0 Å². The third-order valence-corrected chi connectivity index (χ3v) is 4.62. The lowest BCUT2D eigenvalue weighted by Crippen LogP contribution is -2.27. The molecule has 1 amide bonds. The number of anilines is 1. The molecule has 1 aromatic carbocycles. The normalized spacial score (nSPS) is 16.8. The van der Waals surface area contributed by atoms with E-state index >= 15 is 0 Å². The second-order valence-corrected chi connectivity index (χ2v) is 6.84. The Bertz CT molecular complexity index is 746. The van der Waals surface area contributed by atoms with Crippen molar-refractivity contribution in [3.63, 3.8) is 0 Å². The van der Waals surface area contributed by atoms with E-state index in [0.717, 1.165) is 15.9 Å². The second-order valence-electron chi connectivity index (χ2n) is 4.25. The van der Waals surface area contributed by atoms with E-state index in [0.29, 0.717) is 9.23 Å². The van der Waals surface area contributed by atoms with Gasteiger partial charge < -0.3 is 0 Å². The van der Waals surface area contributed by atoms with Crippen LogP contribution in [-0.4, -0.2) is 15.2 Å². The topological polar surface area (TPSA) is 33.2 Å². The minimum Gasteiger partial charge on any atom is -0.268 e. The number of thioether (sulfide) groups is 1. The molecule has 0 N–H and O–H groups in total. The molecule has 2 heterocycles. The molecular weight excluding hydrogens is 368 g/mol. The summed E-state index contributed by atoms with van der Waals surface area (Å²) in [5.74, 6) is -0.117. The highest BCUT2D eigenvalue weighted by molar-refractivity contribution is 9.10. The van der Waals surface area contributed by atoms with Gasteiger partial charge in [-0.15, -0.1) is 0 Å². The summed E-state index contributed by atoms with van der Waals surface area (Å²) in [7, 11) is 0. The lowest BCUT2D eigenvalue weighted by molar-refractivity contribution is -0.113. The zero-order valence-electron chi connectivity index (χ0n) is 10.7. The Balaban J connectivity index is 1.94. The van der Waals surface area contributed by atoms with Crippen LogP contribution >= 0.6 is 39.9 Å². The Morgan fingerprint density at radius 3 is 2.81 bits per heavy atom. The highest BCUT2D eigenvalue weighted by atomic mass is 79.9. The number of pyridine rings is 1. The first-order valence-electron chi connectivity index (χ1n) is 6.10. The molecule has 21 heavy (non-hydrogen) atoms. The van der Waals surface area contributed by atoms with Crippen molar-refractivity contribution in [3.05, 3.63) is 63.7 Å². The van der Waals surface area contributed by atoms with Crippen LogP contribution < -0.4 is 4.90 Å². The first kappa shape index (κ1) is 14.4. The average Bonchev–Trinajstić information content (AvgIpc) is 2.74. The van der Waals surface area contributed by atoms with E-state index in [9.17, 15) is 4.79 Å². The van der Waals surface area contributed by atoms with Crippen LogP contribution in [0.15, 0.2) is 58.0 Å². The van der Waals surface area contributed by atoms with Gasteiger partial charge in [0.25, 0.3) is 5.91 Å². The molecule has 0 saturated carbocycles. The van der Waals surface area contributed by atoms with E-state index in [4.69, 9.17) is 12.2 Å². The van der Waals surface area contributed by atoms with Crippen molar-refractivity contribution in [3.8, 4) is 0 Å². The van der Waals surface area contributed by atoms with Gasteiger partial charge in [0.1, 0.15) is 0 Å². The molecule has 0 spiro atoms. The molecule has 0 radical (unpaired) electrons. The molecule has 3 rings (SSSR count). The summed E-state index contributed by atoms with van der Waals surface area (Å²) in [4.78, 5) is 18.9. The van der Waals surface area contributed by atoms with Crippen LogP contribution in [0.25, 0.3) is 6.08 Å². The fourth-order valence-electron chi connectivity index (χ4n) is 1.90. The molecule has 3 nitrogen and oxygen atoms in total. The van der Waals surface area contributed by atoms with Crippen LogP contribution in [0, 0.1) is 0 Å². The molecule has 0 aliphatic carbocycles. The molecule has 0 atom stereocenters. The Morgan fingerprint density at radius 1 is 1.24 bits per heavy atom. The molecular formula is C15H9BrN2OS2. The zero-order chi connectivity index (χ0) is 14.8. The molecule has 1 aliphatic rings. The van der Waals surface area contributed by atoms with Crippen LogP contribution in [0.4, 0.5) is 5.69 Å². The third-order valence-electron chi connectivity index (χ3n) is 2.83. The van der Waals surface area contributed by atoms with E-state index in [1.807, 2.05) is 42.5 Å². The Morgan fingerprint density at radius 2 is 2.10 bits per heavy atom. The minimum atomic E-state index is -0.117. The fourth-order valence-corrected chi connectivity index (χ4v) is 3.57. The molecule has 2 aromatic rings. The van der Waals surface area contributed by atoms with E-state index in [1.165, 1.54) is 11.8 Å². The fraction of sp³-hybridized carbons (Fsp3) is 0. The second kappa shape index (κ2) is 6.09. The Hall–Kier alpha value is -1.50. The monoisotopic (exact) mass is 376 g/mol. The lowest BCUT2D eigenvalue weighted by Gasteiger charge is -2.14. The van der Waals surface area contributed by atoms with Gasteiger partial charge in [0.15, 0.2) is 4.32 Å². The smallest absolute Gasteiger partial charge is 0.268 e. The molecule has 1 aliphatic heterocycles. The highest BCUT2D eigenvalue weighted by Gasteiger charge is 2.33. The van der Waals surface area contributed by atoms with Gasteiger partial charge in [-0.3, -0.25) is 14.7 Å². The Kier molecular flexibility index (Phi) is 4.19. The number of amides is 1. The van der Waals surface area contributed by atoms with Gasteiger partial charge in [-0.1, -0.05) is 52.0 Å². The number of hydrogen-bond acceptors (Lipinski definition) is 4. The summed E-state index contributed by atoms with van der Waals surface area (Å²) in [6.07, 6.45) is 3.46. The van der Waals surface area contributed by atoms with E-state index in [1.54, 1.807) is 17.2 Å². The summed E-state index contributed by atoms with van der Waals surface area (Å²) >= 11 is 10.0. The van der Waals surface area contributed by atoms with Gasteiger partial charge in [0, 0.05) is 10.7 Å². The van der Waals surface area contributed by atoms with E-state index in [2.05, 4.69) is 20.9 Å². The molecule has 6 heteroatoms. The maximum atomic E-state index is 12.5. The van der Waals surface area contributed by atoms with Gasteiger partial charge >= 0.3 is 0 Å². The first-order chi connectivity index (χ1) is 10.1. The largest absolute Gasteiger partial charge is 0.270 e. The van der Waals surface area contributed by atoms with Crippen LogP contribution in [0.1, 0.15) is 5.69 Å². The summed E-state index contributed by atoms with van der Waals surface area (Å²) in [6.45, 7) is 0. The quantitative estimate of drug-likeness (QED) is 0.579. The van der Waals surface area contributed by atoms with Gasteiger partial charge in [0.2, 0.25) is 0 Å². The van der Waals surface area contributed by atoms with Crippen LogP contribution in [0.2, 0.25) is 0 Å². The molecule has 1 saturated heterocycles. The van der Waals surface area contributed by atoms with Crippen LogP contribution in [-0.2, 0) is 4.79 Å². The van der Waals surface area contributed by atoms with Crippen LogP contribution in [0.5, 0.6) is 0 Å². The predicted octanol–water partition coefficient (Wildman–Crippen LogP) is 4.25. The summed E-state index contributed by atoms with van der Waals surface area (Å²) < 4.78 is 1.43. The van der Waals surface area contributed by atoms with E-state index < -0.39 is 0 Å². The molecule has 0 unspecified atom stereocenters. The number of benzene rings is 1. The number of carbonyl (C=O) groups is 1. The van der Waals surface area contributed by atoms with Crippen molar-refractivity contribution < 1.29 is 4.79 Å². The van der Waals surface area contributed by atoms with Crippen molar-refractivity contribution in [2.75, 3.05) is 4.90 Å². The standard InChI is InChI=1S/C15H9BrN2OS2/c16-10-4-3-6-12(8-10)18-14(19)13(21-15(18)20)9-11-5-1-2-7-17-11/h1-9H. The van der Waals surface area contributed by atoms with E-state index in [-0.39, 0.29) is 5.91 Å². The SMILES string of the molecule is O=C1C(=Cc2ccccn2)SC(=S)N1c1cccc(Br)c1. The maximum Gasteiger partial charge on any atom is 0.270 e. The number of thiocarbonyl (C=S) groups is 1. The first-order valence-corrected chi connectivity index (χ1v) is 8.11. The number of nitrogens with zero attached hydrogens (tertiary/aromatic N) is 2. The van der Waals surface area contributed by atoms with Crippen molar-refractivity contribution in [1.82, 2.24) is 4.98 Å². The lowest BCUT2D eigenvalue weighted by atomic mass is 10.2. The third kappa shape index (κ3) is 3.07. The molecule has 0 bridgehead atoms. The van der Waals surface area contributed by atoms with Gasteiger partial charge in [-0.2, -0.15) is 0 Å². The number of rotatable bonds is 2. The molecule has 1 fully saturated rings.